The highest BCUT2D eigenvalue weighted by Crippen LogP contribution is 2.32. The summed E-state index contributed by atoms with van der Waals surface area (Å²) in [6.45, 7) is 0.209. The third kappa shape index (κ3) is 3.59. The molecule has 24 heavy (non-hydrogen) atoms. The van der Waals surface area contributed by atoms with Gasteiger partial charge in [-0.25, -0.2) is 4.39 Å². The largest absolute Gasteiger partial charge is 0.493 e. The van der Waals surface area contributed by atoms with E-state index >= 15 is 0 Å². The lowest BCUT2D eigenvalue weighted by atomic mass is 10.1. The zero-order valence-electron chi connectivity index (χ0n) is 13.7. The maximum atomic E-state index is 14.3. The number of carbonyl (C=O) groups is 2. The van der Waals surface area contributed by atoms with Crippen molar-refractivity contribution < 1.29 is 33.3 Å². The Bertz CT molecular complexity index is 635. The number of rotatable bonds is 6. The molecule has 132 valence electrons. The summed E-state index contributed by atoms with van der Waals surface area (Å²) >= 11 is 0. The van der Waals surface area contributed by atoms with E-state index in [1.54, 1.807) is 0 Å². The van der Waals surface area contributed by atoms with Crippen LogP contribution < -0.4 is 9.47 Å². The Hall–Kier alpha value is -2.35. The van der Waals surface area contributed by atoms with Crippen molar-refractivity contribution >= 4 is 11.9 Å². The molecular formula is C16H20FNO6. The number of amides is 1. The monoisotopic (exact) mass is 341 g/mol. The van der Waals surface area contributed by atoms with Gasteiger partial charge < -0.3 is 24.2 Å². The minimum absolute atomic E-state index is 0.171. The number of carbonyl (C=O) groups excluding carboxylic acids is 1. The zero-order valence-corrected chi connectivity index (χ0v) is 13.7. The maximum absolute atomic E-state index is 14.3. The topological polar surface area (TPSA) is 85.3 Å². The van der Waals surface area contributed by atoms with Gasteiger partial charge in [-0.2, -0.15) is 0 Å². The molecule has 0 bridgehead atoms. The third-order valence-electron chi connectivity index (χ3n) is 4.08. The summed E-state index contributed by atoms with van der Waals surface area (Å²) in [5, 5.41) is 9.02. The molecule has 1 aromatic carbocycles. The van der Waals surface area contributed by atoms with Crippen molar-refractivity contribution in [2.24, 2.45) is 0 Å². The van der Waals surface area contributed by atoms with Crippen molar-refractivity contribution in [1.82, 2.24) is 4.90 Å². The molecular weight excluding hydrogens is 321 g/mol. The quantitative estimate of drug-likeness (QED) is 0.845. The van der Waals surface area contributed by atoms with Gasteiger partial charge in [-0.3, -0.25) is 9.59 Å². The highest BCUT2D eigenvalue weighted by Gasteiger charge is 2.38. The van der Waals surface area contributed by atoms with Gasteiger partial charge in [-0.15, -0.1) is 0 Å². The Morgan fingerprint density at radius 1 is 1.25 bits per heavy atom. The third-order valence-corrected chi connectivity index (χ3v) is 4.08. The Balaban J connectivity index is 2.33. The van der Waals surface area contributed by atoms with E-state index in [1.807, 2.05) is 0 Å². The lowest BCUT2D eigenvalue weighted by molar-refractivity contribution is -0.137. The van der Waals surface area contributed by atoms with Gasteiger partial charge in [0.25, 0.3) is 5.91 Å². The predicted molar refractivity (Wildman–Crippen MR) is 82.0 cm³/mol. The first-order chi connectivity index (χ1) is 11.4. The highest BCUT2D eigenvalue weighted by molar-refractivity contribution is 5.96. The second kappa shape index (κ2) is 7.48. The molecule has 1 aromatic rings. The van der Waals surface area contributed by atoms with Crippen LogP contribution in [-0.2, 0) is 9.53 Å². The second-order valence-corrected chi connectivity index (χ2v) is 5.49. The molecule has 1 aliphatic heterocycles. The molecule has 0 aliphatic carbocycles. The van der Waals surface area contributed by atoms with E-state index in [2.05, 4.69) is 0 Å². The Morgan fingerprint density at radius 2 is 1.88 bits per heavy atom. The van der Waals surface area contributed by atoms with E-state index in [9.17, 15) is 14.0 Å². The average Bonchev–Trinajstić information content (AvgIpc) is 2.96. The lowest BCUT2D eigenvalue weighted by Gasteiger charge is -2.24. The number of aliphatic carboxylic acids is 1. The van der Waals surface area contributed by atoms with Gasteiger partial charge in [-0.1, -0.05) is 0 Å². The van der Waals surface area contributed by atoms with E-state index < -0.39 is 23.7 Å². The normalized spacial score (nSPS) is 20.1. The smallest absolute Gasteiger partial charge is 0.305 e. The van der Waals surface area contributed by atoms with Crippen LogP contribution in [0.4, 0.5) is 4.39 Å². The van der Waals surface area contributed by atoms with Crippen molar-refractivity contribution in [3.8, 4) is 11.5 Å². The van der Waals surface area contributed by atoms with Crippen molar-refractivity contribution in [3.63, 3.8) is 0 Å². The molecule has 1 saturated heterocycles. The first kappa shape index (κ1) is 18.0. The van der Waals surface area contributed by atoms with Gasteiger partial charge >= 0.3 is 5.97 Å². The van der Waals surface area contributed by atoms with Gasteiger partial charge in [0.2, 0.25) is 0 Å². The van der Waals surface area contributed by atoms with Crippen LogP contribution in [0.5, 0.6) is 11.5 Å². The van der Waals surface area contributed by atoms with Gasteiger partial charge in [0, 0.05) is 25.8 Å². The van der Waals surface area contributed by atoms with E-state index in [1.165, 1.54) is 32.3 Å². The molecule has 1 heterocycles. The summed E-state index contributed by atoms with van der Waals surface area (Å²) in [6, 6.07) is 1.78. The van der Waals surface area contributed by atoms with E-state index in [0.29, 0.717) is 6.42 Å². The summed E-state index contributed by atoms with van der Waals surface area (Å²) in [5.41, 5.74) is -0.195. The fourth-order valence-electron chi connectivity index (χ4n) is 2.86. The predicted octanol–water partition coefficient (Wildman–Crippen LogP) is 1.55. The number of carboxylic acid groups (broad SMARTS) is 1. The number of hydrogen-bond acceptors (Lipinski definition) is 5. The fraction of sp³-hybridized carbons (Fsp3) is 0.500. The number of methoxy groups -OCH3 is 3. The van der Waals surface area contributed by atoms with E-state index in [4.69, 9.17) is 19.3 Å². The van der Waals surface area contributed by atoms with Crippen LogP contribution in [0.25, 0.3) is 0 Å². The summed E-state index contributed by atoms with van der Waals surface area (Å²) in [4.78, 5) is 25.1. The molecule has 0 aromatic heterocycles. The van der Waals surface area contributed by atoms with Gasteiger partial charge in [0.15, 0.2) is 11.5 Å². The van der Waals surface area contributed by atoms with Crippen molar-refractivity contribution in [2.75, 3.05) is 27.9 Å². The van der Waals surface area contributed by atoms with Gasteiger partial charge in [0.1, 0.15) is 5.82 Å². The molecule has 1 aliphatic rings. The first-order valence-corrected chi connectivity index (χ1v) is 7.38. The summed E-state index contributed by atoms with van der Waals surface area (Å²) in [7, 11) is 4.24. The molecule has 0 saturated carbocycles. The van der Waals surface area contributed by atoms with Gasteiger partial charge in [0.05, 0.1) is 32.3 Å². The molecule has 1 amide bonds. The average molecular weight is 341 g/mol. The molecule has 0 radical (unpaired) electrons. The Labute approximate surface area is 138 Å². The molecule has 2 atom stereocenters. The molecule has 0 spiro atoms. The van der Waals surface area contributed by atoms with Crippen molar-refractivity contribution in [1.29, 1.82) is 0 Å². The number of likely N-dealkylation sites (tertiary alicyclic amines) is 1. The first-order valence-electron chi connectivity index (χ1n) is 7.38. The maximum Gasteiger partial charge on any atom is 0.305 e. The molecule has 1 N–H and O–H groups in total. The van der Waals surface area contributed by atoms with Crippen LogP contribution in [0.2, 0.25) is 0 Å². The van der Waals surface area contributed by atoms with Crippen LogP contribution in [-0.4, -0.2) is 61.9 Å². The minimum Gasteiger partial charge on any atom is -0.493 e. The van der Waals surface area contributed by atoms with Crippen LogP contribution in [0.1, 0.15) is 23.2 Å². The summed E-state index contributed by atoms with van der Waals surface area (Å²) in [6.07, 6.45) is -0.106. The number of halogens is 1. The number of hydrogen-bond donors (Lipinski definition) is 1. The van der Waals surface area contributed by atoms with Crippen LogP contribution in [0, 0.1) is 5.82 Å². The molecule has 1 fully saturated rings. The van der Waals surface area contributed by atoms with Crippen LogP contribution in [0.3, 0.4) is 0 Å². The van der Waals surface area contributed by atoms with Crippen molar-refractivity contribution in [2.45, 2.75) is 25.0 Å². The molecule has 2 rings (SSSR count). The van der Waals surface area contributed by atoms with E-state index in [-0.39, 0.29) is 36.1 Å². The van der Waals surface area contributed by atoms with Gasteiger partial charge in [-0.05, 0) is 12.5 Å². The highest BCUT2D eigenvalue weighted by atomic mass is 19.1. The van der Waals surface area contributed by atoms with E-state index in [0.717, 1.165) is 6.07 Å². The number of nitrogens with zero attached hydrogens (tertiary/aromatic N) is 1. The number of benzene rings is 1. The number of ether oxygens (including phenoxy) is 3. The molecule has 8 heteroatoms. The fourth-order valence-corrected chi connectivity index (χ4v) is 2.86. The number of carboxylic acids is 1. The SMILES string of the molecule is COc1cc(F)c(C(=O)N2CC(OC)CC2CC(=O)O)cc1OC. The minimum atomic E-state index is -1.03. The molecule has 2 unspecified atom stereocenters. The van der Waals surface area contributed by atoms with Crippen LogP contribution >= 0.6 is 0 Å². The summed E-state index contributed by atoms with van der Waals surface area (Å²) in [5.74, 6) is -1.99. The zero-order chi connectivity index (χ0) is 17.9. The summed E-state index contributed by atoms with van der Waals surface area (Å²) < 4.78 is 29.6. The Morgan fingerprint density at radius 3 is 2.42 bits per heavy atom. The molecule has 7 nitrogen and oxygen atoms in total. The van der Waals surface area contributed by atoms with Crippen molar-refractivity contribution in [3.05, 3.63) is 23.5 Å². The standard InChI is InChI=1S/C16H20FNO6/c1-22-10-4-9(5-15(19)20)18(8-10)16(21)11-6-13(23-2)14(24-3)7-12(11)17/h6-7,9-10H,4-5,8H2,1-3H3,(H,19,20). The lowest BCUT2D eigenvalue weighted by Crippen LogP contribution is -2.37. The Kier molecular flexibility index (Phi) is 5.61. The van der Waals surface area contributed by atoms with Crippen LogP contribution in [0.15, 0.2) is 12.1 Å². The second-order valence-electron chi connectivity index (χ2n) is 5.49.